The van der Waals surface area contributed by atoms with Crippen LogP contribution in [0.2, 0.25) is 0 Å². The van der Waals surface area contributed by atoms with Crippen molar-refractivity contribution in [2.45, 2.75) is 521 Å². The number of imidazole rings is 4. The minimum absolute atomic E-state index is 0.0938. The summed E-state index contributed by atoms with van der Waals surface area (Å²) in [7, 11) is 0. The summed E-state index contributed by atoms with van der Waals surface area (Å²) in [6.45, 7) is 135. The lowest BCUT2D eigenvalue weighted by Crippen LogP contribution is -2.19. The van der Waals surface area contributed by atoms with Crippen molar-refractivity contribution in [1.82, 2.24) is 84.2 Å². The molecule has 0 aliphatic carbocycles. The average Bonchev–Trinajstić information content (AvgIpc) is 1.90. The number of hydrogen-bond donors (Lipinski definition) is 3. The zero-order valence-corrected chi connectivity index (χ0v) is 108. The van der Waals surface area contributed by atoms with Crippen molar-refractivity contribution >= 4 is 45.5 Å². The molecule has 13 heterocycles. The SMILES string of the molecule is CC.CC.CC.CC.CC.CC.CC.CC.CC.CC.CC.CC.CC.CC(C)(C)c1ccno1.CC(C)(C)c1ccon1.CC(C)(C)c1ccsn1.CC(C)(C)c1cnc[nH]1.CC(C)(C)c1cnc[nH]1.CC(C)(C)c1cnco1.CC(C)(C)c1cncs1.CC(C)(C)c1cnoc1.CC(C)(C)c1cocn1.CC(C)(C)c1cscn1.CC(C)(C)c1ncc[nH]1.CC(C)(C)c1nccs1.CC(C)(C)n1ccnc1. The monoisotopic (exact) mass is 2080 g/mol. The van der Waals surface area contributed by atoms with Crippen LogP contribution in [-0.4, -0.2) is 84.2 Å². The van der Waals surface area contributed by atoms with Gasteiger partial charge in [-0.25, -0.2) is 39.9 Å². The molecule has 0 spiro atoms. The molecule has 0 atom stereocenters. The molecule has 13 aromatic rings. The quantitative estimate of drug-likeness (QED) is 0.127. The van der Waals surface area contributed by atoms with E-state index in [9.17, 15) is 0 Å². The summed E-state index contributed by atoms with van der Waals surface area (Å²) >= 11 is 6.61. The van der Waals surface area contributed by atoms with Crippen molar-refractivity contribution in [2.75, 3.05) is 0 Å². The molecule has 13 rings (SSSR count). The first-order valence-corrected chi connectivity index (χ1v) is 55.9. The van der Waals surface area contributed by atoms with Gasteiger partial charge in [0.05, 0.1) is 76.4 Å². The third-order valence-corrected chi connectivity index (χ3v) is 19.4. The highest BCUT2D eigenvalue weighted by Crippen LogP contribution is 2.29. The van der Waals surface area contributed by atoms with E-state index in [0.717, 1.165) is 34.3 Å². The van der Waals surface area contributed by atoms with Gasteiger partial charge >= 0.3 is 0 Å². The fourth-order valence-electron chi connectivity index (χ4n) is 7.97. The van der Waals surface area contributed by atoms with Gasteiger partial charge in [0, 0.05) is 159 Å². The normalized spacial score (nSPS) is 10.3. The van der Waals surface area contributed by atoms with Gasteiger partial charge in [-0.1, -0.05) is 445 Å². The Balaban J connectivity index is -0.000000114. The van der Waals surface area contributed by atoms with Gasteiger partial charge in [0.1, 0.15) is 36.1 Å². The summed E-state index contributed by atoms with van der Waals surface area (Å²) in [5.41, 5.74) is 13.9. The third-order valence-electron chi connectivity index (χ3n) is 15.8. The highest BCUT2D eigenvalue weighted by atomic mass is 32.1. The van der Waals surface area contributed by atoms with Crippen LogP contribution in [0.1, 0.15) is 517 Å². The predicted molar refractivity (Wildman–Crippen MR) is 636 cm³/mol. The van der Waals surface area contributed by atoms with Crippen LogP contribution < -0.4 is 0 Å². The maximum atomic E-state index is 5.09. The molecular formula is C117H225N17O5S4. The molecular weight excluding hydrogens is 1850 g/mol. The molecule has 0 fully saturated rings. The third kappa shape index (κ3) is 89.5. The number of rotatable bonds is 0. The fraction of sp³-hybridized carbons (Fsp3) is 0.667. The van der Waals surface area contributed by atoms with Crippen molar-refractivity contribution in [1.29, 1.82) is 0 Å². The zero-order chi connectivity index (χ0) is 116. The van der Waals surface area contributed by atoms with Gasteiger partial charge in [0.15, 0.2) is 12.8 Å². The second kappa shape index (κ2) is 90.9. The number of nitrogens with zero attached hydrogens (tertiary/aromatic N) is 14. The van der Waals surface area contributed by atoms with Crippen molar-refractivity contribution in [3.8, 4) is 0 Å². The van der Waals surface area contributed by atoms with E-state index in [1.165, 1.54) is 57.0 Å². The molecule has 832 valence electrons. The van der Waals surface area contributed by atoms with Crippen LogP contribution >= 0.6 is 45.5 Å². The van der Waals surface area contributed by atoms with Gasteiger partial charge < -0.3 is 41.9 Å². The molecule has 143 heavy (non-hydrogen) atoms. The molecule has 0 radical (unpaired) electrons. The molecule has 26 heteroatoms. The van der Waals surface area contributed by atoms with Crippen LogP contribution in [0.3, 0.4) is 0 Å². The Hall–Kier alpha value is -8.59. The number of H-pyrrole nitrogens is 3. The summed E-state index contributed by atoms with van der Waals surface area (Å²) in [5, 5.41) is 18.4. The molecule has 22 nitrogen and oxygen atoms in total. The van der Waals surface area contributed by atoms with Crippen LogP contribution in [0.5, 0.6) is 0 Å². The number of thiazole rings is 3. The van der Waals surface area contributed by atoms with E-state index in [2.05, 4.69) is 366 Å². The van der Waals surface area contributed by atoms with E-state index in [1.807, 2.05) is 257 Å². The van der Waals surface area contributed by atoms with Gasteiger partial charge in [-0.05, 0) is 49.2 Å². The van der Waals surface area contributed by atoms with Gasteiger partial charge in [-0.2, -0.15) is 4.37 Å². The number of aromatic amines is 3. The molecule has 3 N–H and O–H groups in total. The second-order valence-corrected chi connectivity index (χ2v) is 44.0. The smallest absolute Gasteiger partial charge is 0.180 e. The highest BCUT2D eigenvalue weighted by Gasteiger charge is 2.23. The number of nitrogens with one attached hydrogen (secondary N) is 3. The summed E-state index contributed by atoms with van der Waals surface area (Å²) < 4.78 is 30.6. The minimum atomic E-state index is 0.0938. The van der Waals surface area contributed by atoms with Gasteiger partial charge in [-0.3, -0.25) is 4.98 Å². The van der Waals surface area contributed by atoms with Gasteiger partial charge in [0.25, 0.3) is 0 Å². The Labute approximate surface area is 897 Å². The summed E-state index contributed by atoms with van der Waals surface area (Å²) in [4.78, 5) is 46.8. The maximum absolute atomic E-state index is 5.09. The highest BCUT2D eigenvalue weighted by molar-refractivity contribution is 7.10. The zero-order valence-electron chi connectivity index (χ0n) is 105. The Morgan fingerprint density at radius 2 is 0.804 bits per heavy atom. The van der Waals surface area contributed by atoms with Crippen molar-refractivity contribution in [3.05, 3.63) is 231 Å². The molecule has 0 saturated carbocycles. The predicted octanol–water partition coefficient (Wildman–Crippen LogP) is 39.7. The first-order valence-electron chi connectivity index (χ1n) is 52.4. The molecule has 0 aliphatic heterocycles. The lowest BCUT2D eigenvalue weighted by Gasteiger charge is -2.19. The first-order chi connectivity index (χ1) is 66.4. The topological polar surface area (TPSA) is 286 Å². The van der Waals surface area contributed by atoms with Crippen molar-refractivity contribution in [2.24, 2.45) is 0 Å². The summed E-state index contributed by atoms with van der Waals surface area (Å²) in [6.07, 6.45) is 33.2. The molecule has 0 aliphatic rings. The van der Waals surface area contributed by atoms with Crippen LogP contribution in [0.15, 0.2) is 186 Å². The minimum Gasteiger partial charge on any atom is -0.451 e. The van der Waals surface area contributed by atoms with E-state index < -0.39 is 0 Å². The van der Waals surface area contributed by atoms with E-state index in [-0.39, 0.29) is 70.5 Å². The molecule has 0 bridgehead atoms. The van der Waals surface area contributed by atoms with Crippen LogP contribution in [-0.2, 0) is 70.5 Å². The van der Waals surface area contributed by atoms with Crippen LogP contribution in [0.25, 0.3) is 0 Å². The maximum Gasteiger partial charge on any atom is 0.180 e. The standard InChI is InChI=1S/4C7H12N2.5C7H11NO.4C7H11NS.13C2H6/c2*1-7(2,3)6-4-8-5-9-6;1-7(2,3)9-5-4-8-6-9;1-7(2,3)6-8-4-5-9-6;1-7(2,3)6-4-9-5-8-6;1-7(2,3)6-4-8-5-9-6;1-7(2,3)6-4-8-9-5-6;1-7(2,3)6-4-5-9-8-6;1-7(2,3)6-4-5-8-9-6;1-7(2,3)6-4-9-5-8-6;1-7(2,3)6-4-8-5-9-6;1-7(2,3)6-8-4-5-9-6;1-7(2,3)6-4-5-9-8-6;13*1-2/h2*4-5H,1-3H3,(H,8,9);4-6H,1-3H3;4-5H,1-3H3,(H,8,9);9*4-5H,1-3H3;13*1-2H3. The number of aromatic nitrogens is 17. The fourth-order valence-corrected chi connectivity index (χ4v) is 10.9. The van der Waals surface area contributed by atoms with E-state index >= 15 is 0 Å². The molecule has 0 saturated heterocycles. The largest absolute Gasteiger partial charge is 0.451 e. The Morgan fingerprint density at radius 1 is 0.329 bits per heavy atom. The first kappa shape index (κ1) is 162. The van der Waals surface area contributed by atoms with Crippen molar-refractivity contribution in [3.63, 3.8) is 0 Å². The van der Waals surface area contributed by atoms with E-state index in [4.69, 9.17) is 22.4 Å². The molecule has 0 aromatic carbocycles. The van der Waals surface area contributed by atoms with Gasteiger partial charge in [-0.15, -0.1) is 34.0 Å². The number of hydrogen-bond acceptors (Lipinski definition) is 22. The summed E-state index contributed by atoms with van der Waals surface area (Å²) in [5.74, 6) is 2.91. The Bertz CT molecular complexity index is 3310. The average molecular weight is 2080 g/mol. The Kier molecular flexibility index (Phi) is 103. The van der Waals surface area contributed by atoms with Crippen LogP contribution in [0, 0.1) is 0 Å². The summed E-state index contributed by atoms with van der Waals surface area (Å²) in [6, 6.07) is 5.85. The number of oxazole rings is 2. The van der Waals surface area contributed by atoms with E-state index in [1.54, 1.807) is 96.4 Å². The second-order valence-electron chi connectivity index (χ2n) is 40.9. The Morgan fingerprint density at radius 3 is 0.972 bits per heavy atom. The van der Waals surface area contributed by atoms with Crippen LogP contribution in [0.4, 0.5) is 0 Å². The molecule has 0 unspecified atom stereocenters. The van der Waals surface area contributed by atoms with Crippen molar-refractivity contribution < 1.29 is 22.4 Å². The van der Waals surface area contributed by atoms with Gasteiger partial charge in [0.2, 0.25) is 0 Å². The molecule has 13 aromatic heterocycles. The molecule has 0 amide bonds. The lowest BCUT2D eigenvalue weighted by molar-refractivity contribution is 0.329. The van der Waals surface area contributed by atoms with E-state index in [0.29, 0.717) is 0 Å². The lowest BCUT2D eigenvalue weighted by atomic mass is 9.90.